The lowest BCUT2D eigenvalue weighted by Crippen LogP contribution is -2.67. The standard InChI is InChI=1S/C26H34ClFO4Si/c1-16(29)31-23-14-24(2)19(9-10-21(24)22(15-27)32-33(4,5)6)20-8-7-17-13-18(30)11-12-25(17,3)26(20,23)28/h10-13,15,19-20,23H,7-9,14H2,1-6H3/b22-15-/t19-,20-,23-,24-,25-,26-/m0/s1. The second-order valence-electron chi connectivity index (χ2n) is 11.4. The van der Waals surface area contributed by atoms with Gasteiger partial charge < -0.3 is 9.16 Å². The molecular weight excluding hydrogens is 459 g/mol. The van der Waals surface area contributed by atoms with Crippen LogP contribution in [0.1, 0.15) is 46.5 Å². The molecule has 2 saturated carbocycles. The molecule has 6 atom stereocenters. The highest BCUT2D eigenvalue weighted by Gasteiger charge is 2.71. The summed E-state index contributed by atoms with van der Waals surface area (Å²) in [6, 6.07) is 0. The van der Waals surface area contributed by atoms with E-state index in [-0.39, 0.29) is 17.6 Å². The van der Waals surface area contributed by atoms with Crippen LogP contribution in [0.5, 0.6) is 0 Å². The predicted octanol–water partition coefficient (Wildman–Crippen LogP) is 6.40. The van der Waals surface area contributed by atoms with Gasteiger partial charge in [0, 0.05) is 29.2 Å². The zero-order chi connectivity index (χ0) is 24.4. The molecule has 0 unspecified atom stereocenters. The summed E-state index contributed by atoms with van der Waals surface area (Å²) >= 11 is 6.25. The second-order valence-corrected chi connectivity index (χ2v) is 16.0. The Labute approximate surface area is 202 Å². The third-order valence-corrected chi connectivity index (χ3v) is 9.32. The smallest absolute Gasteiger partial charge is 0.303 e. The van der Waals surface area contributed by atoms with Crippen LogP contribution in [0.3, 0.4) is 0 Å². The summed E-state index contributed by atoms with van der Waals surface area (Å²) in [6.45, 7) is 11.6. The highest BCUT2D eigenvalue weighted by Crippen LogP contribution is 2.69. The van der Waals surface area contributed by atoms with Crippen LogP contribution in [0, 0.1) is 22.7 Å². The van der Waals surface area contributed by atoms with E-state index in [0.29, 0.717) is 25.0 Å². The monoisotopic (exact) mass is 492 g/mol. The maximum absolute atomic E-state index is 17.6. The van der Waals surface area contributed by atoms with E-state index in [2.05, 4.69) is 32.6 Å². The number of hydrogen-bond acceptors (Lipinski definition) is 4. The summed E-state index contributed by atoms with van der Waals surface area (Å²) in [5.74, 6) is -0.273. The molecule has 180 valence electrons. The summed E-state index contributed by atoms with van der Waals surface area (Å²) in [6.07, 6.45) is 8.25. The van der Waals surface area contributed by atoms with Crippen LogP contribution in [-0.2, 0) is 18.8 Å². The van der Waals surface area contributed by atoms with Gasteiger partial charge in [-0.05, 0) is 75.9 Å². The maximum Gasteiger partial charge on any atom is 0.303 e. The molecule has 0 aromatic rings. The van der Waals surface area contributed by atoms with E-state index < -0.39 is 36.9 Å². The minimum Gasteiger partial charge on any atom is -0.544 e. The van der Waals surface area contributed by atoms with Gasteiger partial charge in [-0.25, -0.2) is 4.39 Å². The molecule has 0 spiro atoms. The van der Waals surface area contributed by atoms with Crippen molar-refractivity contribution in [3.8, 4) is 0 Å². The van der Waals surface area contributed by atoms with Crippen LogP contribution < -0.4 is 0 Å². The van der Waals surface area contributed by atoms with Crippen molar-refractivity contribution in [1.82, 2.24) is 0 Å². The number of carbonyl (C=O) groups is 2. The summed E-state index contributed by atoms with van der Waals surface area (Å²) in [7, 11) is -1.93. The van der Waals surface area contributed by atoms with Crippen molar-refractivity contribution < 1.29 is 23.1 Å². The number of alkyl halides is 1. The highest BCUT2D eigenvalue weighted by molar-refractivity contribution is 6.70. The van der Waals surface area contributed by atoms with Crippen LogP contribution in [-0.4, -0.2) is 31.8 Å². The molecule has 0 heterocycles. The Morgan fingerprint density at radius 3 is 2.58 bits per heavy atom. The Morgan fingerprint density at radius 2 is 1.97 bits per heavy atom. The van der Waals surface area contributed by atoms with Crippen molar-refractivity contribution >= 4 is 31.7 Å². The van der Waals surface area contributed by atoms with E-state index >= 15 is 4.39 Å². The molecule has 4 nitrogen and oxygen atoms in total. The van der Waals surface area contributed by atoms with Crippen LogP contribution in [0.2, 0.25) is 19.6 Å². The second kappa shape index (κ2) is 7.94. The molecule has 4 aliphatic rings. The first-order chi connectivity index (χ1) is 15.3. The van der Waals surface area contributed by atoms with Crippen molar-refractivity contribution in [2.24, 2.45) is 22.7 Å². The number of fused-ring (bicyclic) bond motifs is 5. The number of allylic oxidation sites excluding steroid dienone is 6. The Bertz CT molecular complexity index is 1010. The number of ether oxygens (including phenoxy) is 1. The van der Waals surface area contributed by atoms with Crippen LogP contribution >= 0.6 is 11.6 Å². The van der Waals surface area contributed by atoms with Crippen LogP contribution in [0.25, 0.3) is 0 Å². The van der Waals surface area contributed by atoms with Gasteiger partial charge >= 0.3 is 5.97 Å². The fraction of sp³-hybridized carbons (Fsp3) is 0.615. The van der Waals surface area contributed by atoms with Gasteiger partial charge in [0.15, 0.2) is 11.5 Å². The van der Waals surface area contributed by atoms with Gasteiger partial charge in [-0.2, -0.15) is 0 Å². The number of halogens is 2. The van der Waals surface area contributed by atoms with Gasteiger partial charge in [0.2, 0.25) is 8.32 Å². The average molecular weight is 493 g/mol. The van der Waals surface area contributed by atoms with Gasteiger partial charge in [0.05, 0.1) is 0 Å². The molecule has 4 aliphatic carbocycles. The third kappa shape index (κ3) is 3.68. The Hall–Kier alpha value is -1.66. The molecule has 0 aromatic carbocycles. The lowest BCUT2D eigenvalue weighted by molar-refractivity contribution is -0.206. The van der Waals surface area contributed by atoms with E-state index in [9.17, 15) is 9.59 Å². The van der Waals surface area contributed by atoms with Gasteiger partial charge in [-0.15, -0.1) is 0 Å². The van der Waals surface area contributed by atoms with Gasteiger partial charge in [-0.1, -0.05) is 36.2 Å². The Balaban J connectivity index is 1.80. The van der Waals surface area contributed by atoms with Gasteiger partial charge in [0.25, 0.3) is 0 Å². The van der Waals surface area contributed by atoms with Crippen LogP contribution in [0.15, 0.2) is 46.7 Å². The molecule has 0 aliphatic heterocycles. The van der Waals surface area contributed by atoms with Crippen molar-refractivity contribution in [2.45, 2.75) is 77.9 Å². The SMILES string of the molecule is CC(=O)O[C@H]1C[C@]2(C)C(/C(=C/Cl)O[Si](C)(C)C)=CC[C@H]2[C@@H]2CCC3=CC(=O)C=C[C@]3(C)[C@@]12F. The number of rotatable bonds is 4. The van der Waals surface area contributed by atoms with Crippen molar-refractivity contribution in [3.05, 3.63) is 46.7 Å². The zero-order valence-corrected chi connectivity index (χ0v) is 22.1. The molecule has 0 saturated heterocycles. The van der Waals surface area contributed by atoms with Crippen molar-refractivity contribution in [2.75, 3.05) is 0 Å². The van der Waals surface area contributed by atoms with Gasteiger partial charge in [0.1, 0.15) is 11.9 Å². The first-order valence-corrected chi connectivity index (χ1v) is 15.6. The maximum atomic E-state index is 17.6. The lowest BCUT2D eigenvalue weighted by Gasteiger charge is -2.62. The number of ketones is 1. The van der Waals surface area contributed by atoms with E-state index in [1.165, 1.54) is 18.5 Å². The van der Waals surface area contributed by atoms with E-state index in [0.717, 1.165) is 17.6 Å². The van der Waals surface area contributed by atoms with E-state index in [4.69, 9.17) is 20.8 Å². The summed E-state index contributed by atoms with van der Waals surface area (Å²) in [4.78, 5) is 24.2. The molecular formula is C26H34ClFO4Si. The average Bonchev–Trinajstić information content (AvgIpc) is 3.03. The Morgan fingerprint density at radius 1 is 1.27 bits per heavy atom. The fourth-order valence-electron chi connectivity index (χ4n) is 6.92. The molecule has 0 aromatic heterocycles. The minimum atomic E-state index is -1.93. The normalized spacial score (nSPS) is 40.3. The number of hydrogen-bond donors (Lipinski definition) is 0. The first kappa shape index (κ1) is 24.5. The van der Waals surface area contributed by atoms with E-state index in [1.807, 2.05) is 6.92 Å². The summed E-state index contributed by atoms with van der Waals surface area (Å²) in [5, 5.41) is 0. The largest absolute Gasteiger partial charge is 0.544 e. The summed E-state index contributed by atoms with van der Waals surface area (Å²) in [5.41, 5.74) is 0.0429. The predicted molar refractivity (Wildman–Crippen MR) is 130 cm³/mol. The molecule has 0 N–H and O–H groups in total. The zero-order valence-electron chi connectivity index (χ0n) is 20.3. The van der Waals surface area contributed by atoms with E-state index in [1.54, 1.807) is 12.2 Å². The molecule has 0 amide bonds. The molecule has 33 heavy (non-hydrogen) atoms. The van der Waals surface area contributed by atoms with Crippen LogP contribution in [0.4, 0.5) is 4.39 Å². The summed E-state index contributed by atoms with van der Waals surface area (Å²) < 4.78 is 29.7. The number of esters is 1. The molecule has 2 fully saturated rings. The molecule has 0 radical (unpaired) electrons. The van der Waals surface area contributed by atoms with Gasteiger partial charge in [-0.3, -0.25) is 9.59 Å². The topological polar surface area (TPSA) is 52.6 Å². The number of carbonyl (C=O) groups excluding carboxylic acids is 2. The molecule has 0 bridgehead atoms. The lowest BCUT2D eigenvalue weighted by atomic mass is 9.45. The first-order valence-electron chi connectivity index (χ1n) is 11.8. The fourth-order valence-corrected chi connectivity index (χ4v) is 7.99. The molecule has 4 rings (SSSR count). The van der Waals surface area contributed by atoms with Crippen molar-refractivity contribution in [3.63, 3.8) is 0 Å². The van der Waals surface area contributed by atoms with Crippen molar-refractivity contribution in [1.29, 1.82) is 0 Å². The highest BCUT2D eigenvalue weighted by atomic mass is 35.5. The molecule has 7 heteroatoms. The quantitative estimate of drug-likeness (QED) is 0.259. The minimum absolute atomic E-state index is 0.0190. The third-order valence-electron chi connectivity index (χ3n) is 8.29. The Kier molecular flexibility index (Phi) is 5.89.